The highest BCUT2D eigenvalue weighted by Crippen LogP contribution is 2.41. The molecule has 2 aliphatic rings. The van der Waals surface area contributed by atoms with E-state index in [0.29, 0.717) is 45.9 Å². The van der Waals surface area contributed by atoms with Gasteiger partial charge in [0.25, 0.3) is 5.56 Å². The van der Waals surface area contributed by atoms with E-state index in [0.717, 1.165) is 35.1 Å². The number of halogens is 1. The predicted molar refractivity (Wildman–Crippen MR) is 166 cm³/mol. The van der Waals surface area contributed by atoms with Crippen LogP contribution in [0.1, 0.15) is 49.1 Å². The molecule has 3 heterocycles. The van der Waals surface area contributed by atoms with Crippen molar-refractivity contribution >= 4 is 44.6 Å². The number of nitrogens with two attached hydrogens (primary N) is 1. The second-order valence-corrected chi connectivity index (χ2v) is 11.1. The number of hydrogen-bond donors (Lipinski definition) is 3. The lowest BCUT2D eigenvalue weighted by atomic mass is 9.98. The Hall–Kier alpha value is -4.54. The highest BCUT2D eigenvalue weighted by molar-refractivity contribution is 5.99. The van der Waals surface area contributed by atoms with E-state index >= 15 is 4.39 Å². The van der Waals surface area contributed by atoms with Crippen molar-refractivity contribution in [3.63, 3.8) is 0 Å². The van der Waals surface area contributed by atoms with Crippen LogP contribution < -0.4 is 11.3 Å². The minimum Gasteiger partial charge on any atom is -0.392 e. The van der Waals surface area contributed by atoms with Crippen LogP contribution in [-0.2, 0) is 0 Å². The largest absolute Gasteiger partial charge is 0.392 e. The summed E-state index contributed by atoms with van der Waals surface area (Å²) in [5, 5.41) is 15.9. The summed E-state index contributed by atoms with van der Waals surface area (Å²) in [7, 11) is 5.85. The minimum absolute atomic E-state index is 0.0313. The van der Waals surface area contributed by atoms with Crippen molar-refractivity contribution in [1.82, 2.24) is 29.5 Å². The van der Waals surface area contributed by atoms with Gasteiger partial charge >= 0.3 is 0 Å². The number of nitrogen functional groups attached to an aromatic ring is 1. The van der Waals surface area contributed by atoms with E-state index in [9.17, 15) is 9.90 Å². The van der Waals surface area contributed by atoms with Crippen molar-refractivity contribution in [3.8, 4) is 0 Å². The third-order valence-corrected chi connectivity index (χ3v) is 8.01. The van der Waals surface area contributed by atoms with Crippen LogP contribution in [0.3, 0.4) is 0 Å². The molecule has 1 fully saturated rings. The van der Waals surface area contributed by atoms with Crippen LogP contribution in [0.25, 0.3) is 38.6 Å². The molecule has 4 N–H and O–H groups in total. The molecule has 0 atom stereocenters. The average molecular weight is 568 g/mol. The lowest BCUT2D eigenvalue weighted by molar-refractivity contribution is 0.117. The van der Waals surface area contributed by atoms with Crippen LogP contribution in [0.2, 0.25) is 0 Å². The molecule has 0 amide bonds. The number of hydrazine groups is 1. The summed E-state index contributed by atoms with van der Waals surface area (Å²) in [5.41, 5.74) is 11.1. The van der Waals surface area contributed by atoms with Gasteiger partial charge in [-0.15, -0.1) is 0 Å². The molecule has 0 bridgehead atoms. The Morgan fingerprint density at radius 1 is 1.24 bits per heavy atom. The van der Waals surface area contributed by atoms with Gasteiger partial charge in [-0.2, -0.15) is 4.98 Å². The zero-order chi connectivity index (χ0) is 29.7. The molecule has 9 nitrogen and oxygen atoms in total. The van der Waals surface area contributed by atoms with Crippen molar-refractivity contribution in [2.45, 2.75) is 32.1 Å². The number of allylic oxidation sites excluding steroid dienone is 5. The van der Waals surface area contributed by atoms with Crippen LogP contribution in [0.5, 0.6) is 0 Å². The quantitative estimate of drug-likeness (QED) is 0.272. The summed E-state index contributed by atoms with van der Waals surface area (Å²) < 4.78 is 16.7. The number of nitrogens with zero attached hydrogens (tertiary/aromatic N) is 5. The normalized spacial score (nSPS) is 16.1. The molecule has 2 aliphatic carbocycles. The monoisotopic (exact) mass is 567 g/mol. The Balaban J connectivity index is 1.51. The first-order chi connectivity index (χ1) is 20.2. The van der Waals surface area contributed by atoms with Crippen LogP contribution >= 0.6 is 0 Å². The molecule has 1 aromatic carbocycles. The first kappa shape index (κ1) is 27.6. The third kappa shape index (κ3) is 4.93. The van der Waals surface area contributed by atoms with Gasteiger partial charge in [0.05, 0.1) is 23.4 Å². The number of benzene rings is 1. The van der Waals surface area contributed by atoms with Gasteiger partial charge in [-0.3, -0.25) is 9.36 Å². The van der Waals surface area contributed by atoms with E-state index in [1.807, 2.05) is 68.6 Å². The Morgan fingerprint density at radius 2 is 2.02 bits per heavy atom. The van der Waals surface area contributed by atoms with Gasteiger partial charge in [-0.05, 0) is 72.9 Å². The molecule has 0 unspecified atom stereocenters. The number of aromatic amines is 1. The molecule has 4 aromatic rings. The van der Waals surface area contributed by atoms with E-state index in [-0.39, 0.29) is 17.9 Å². The summed E-state index contributed by atoms with van der Waals surface area (Å²) in [5.74, 6) is -0.0835. The molecule has 3 aromatic heterocycles. The lowest BCUT2D eigenvalue weighted by Crippen LogP contribution is -2.28. The second kappa shape index (κ2) is 10.7. The summed E-state index contributed by atoms with van der Waals surface area (Å²) in [4.78, 5) is 26.1. The van der Waals surface area contributed by atoms with E-state index in [1.165, 1.54) is 10.6 Å². The summed E-state index contributed by atoms with van der Waals surface area (Å²) in [6, 6.07) is 7.11. The number of anilines is 1. The molecule has 10 heteroatoms. The standard InChI is InChI=1S/C32H34FN7O2/c1-18(16-39(4)38(2)3)26-15-23-29(36-32(34)37-30(23)35-26)22-7-5-6-8-27(24(22)17-41)40-12-11-20-13-21(19-9-10-19)14-25(33)28(20)31(40)42/h6-8,11-16,19,41H,5,9-10,17H2,1-4H3,(H3,34,35,36,37)/b18-16+. The number of aromatic nitrogens is 4. The number of H-pyrrole nitrogens is 1. The Morgan fingerprint density at radius 3 is 2.74 bits per heavy atom. The fourth-order valence-corrected chi connectivity index (χ4v) is 5.46. The van der Waals surface area contributed by atoms with Gasteiger partial charge < -0.3 is 20.8 Å². The van der Waals surface area contributed by atoms with Gasteiger partial charge in [0.2, 0.25) is 5.95 Å². The number of aliphatic hydroxyl groups excluding tert-OH is 1. The summed E-state index contributed by atoms with van der Waals surface area (Å²) in [6.07, 6.45) is 11.9. The first-order valence-corrected chi connectivity index (χ1v) is 14.0. The smallest absolute Gasteiger partial charge is 0.265 e. The van der Waals surface area contributed by atoms with Crippen molar-refractivity contribution < 1.29 is 9.50 Å². The predicted octanol–water partition coefficient (Wildman–Crippen LogP) is 4.89. The van der Waals surface area contributed by atoms with Gasteiger partial charge in [0.1, 0.15) is 11.5 Å². The SMILES string of the molecule is C/C(=C\N(C)N(C)C)c1cc2c(C3=CCC=CC(n4ccc5cc(C6CC6)cc(F)c5c4=O)=C3CO)nc(N)nc2[nH]1. The number of pyridine rings is 1. The number of fused-ring (bicyclic) bond motifs is 2. The number of nitrogens with one attached hydrogen (secondary N) is 1. The molecule has 0 radical (unpaired) electrons. The molecular formula is C32H34FN7O2. The van der Waals surface area contributed by atoms with E-state index in [1.54, 1.807) is 18.3 Å². The van der Waals surface area contributed by atoms with Gasteiger partial charge in [-0.25, -0.2) is 14.4 Å². The summed E-state index contributed by atoms with van der Waals surface area (Å²) >= 11 is 0. The van der Waals surface area contributed by atoms with E-state index < -0.39 is 11.4 Å². The van der Waals surface area contributed by atoms with Crippen molar-refractivity contribution in [1.29, 1.82) is 0 Å². The summed E-state index contributed by atoms with van der Waals surface area (Å²) in [6.45, 7) is 1.61. The number of rotatable bonds is 7. The van der Waals surface area contributed by atoms with Crippen LogP contribution in [0.4, 0.5) is 10.3 Å². The fourth-order valence-electron chi connectivity index (χ4n) is 5.46. The number of hydrogen-bond acceptors (Lipinski definition) is 7. The zero-order valence-electron chi connectivity index (χ0n) is 24.1. The Labute approximate surface area is 242 Å². The topological polar surface area (TPSA) is 116 Å². The Kier molecular flexibility index (Phi) is 7.04. The lowest BCUT2D eigenvalue weighted by Gasteiger charge is -2.22. The molecule has 1 saturated carbocycles. The third-order valence-electron chi connectivity index (χ3n) is 8.01. The molecule has 216 valence electrons. The second-order valence-electron chi connectivity index (χ2n) is 11.1. The van der Waals surface area contributed by atoms with E-state index in [4.69, 9.17) is 5.73 Å². The highest BCUT2D eigenvalue weighted by Gasteiger charge is 2.26. The van der Waals surface area contributed by atoms with Crippen molar-refractivity contribution in [2.24, 2.45) is 0 Å². The number of aliphatic hydroxyl groups is 1. The fraction of sp³-hybridized carbons (Fsp3) is 0.281. The van der Waals surface area contributed by atoms with Gasteiger partial charge in [0, 0.05) is 55.8 Å². The van der Waals surface area contributed by atoms with Crippen molar-refractivity contribution in [2.75, 3.05) is 33.5 Å². The minimum atomic E-state index is -0.526. The van der Waals surface area contributed by atoms with Crippen LogP contribution in [-0.4, -0.2) is 62.4 Å². The Bertz CT molecular complexity index is 1910. The maximum Gasteiger partial charge on any atom is 0.265 e. The molecule has 0 saturated heterocycles. The van der Waals surface area contributed by atoms with Gasteiger partial charge in [0.15, 0.2) is 0 Å². The molecule has 42 heavy (non-hydrogen) atoms. The zero-order valence-corrected chi connectivity index (χ0v) is 24.1. The molecule has 0 spiro atoms. The maximum absolute atomic E-state index is 15.3. The maximum atomic E-state index is 15.3. The van der Waals surface area contributed by atoms with Gasteiger partial charge in [-0.1, -0.05) is 18.2 Å². The first-order valence-electron chi connectivity index (χ1n) is 14.0. The molecule has 0 aliphatic heterocycles. The van der Waals surface area contributed by atoms with Crippen LogP contribution in [0.15, 0.2) is 65.3 Å². The van der Waals surface area contributed by atoms with E-state index in [2.05, 4.69) is 15.0 Å². The molecule has 6 rings (SSSR count). The molecular weight excluding hydrogens is 533 g/mol. The van der Waals surface area contributed by atoms with Crippen LogP contribution in [0, 0.1) is 5.82 Å². The highest BCUT2D eigenvalue weighted by atomic mass is 19.1. The average Bonchev–Trinajstić information content (AvgIpc) is 3.74. The van der Waals surface area contributed by atoms with Crippen molar-refractivity contribution in [3.05, 3.63) is 93.6 Å².